The molecule has 0 nitrogen and oxygen atoms in total. The van der Waals surface area contributed by atoms with E-state index in [1.807, 2.05) is 0 Å². The van der Waals surface area contributed by atoms with Crippen LogP contribution in [0.4, 0.5) is 0 Å². The summed E-state index contributed by atoms with van der Waals surface area (Å²) >= 11 is 6.66. The lowest BCUT2D eigenvalue weighted by Gasteiger charge is -2.29. The van der Waals surface area contributed by atoms with Crippen LogP contribution in [0.3, 0.4) is 0 Å². The molecular weight excluding hydrogens is 300 g/mol. The van der Waals surface area contributed by atoms with Crippen molar-refractivity contribution in [1.82, 2.24) is 0 Å². The second-order valence-corrected chi connectivity index (χ2v) is 8.52. The van der Waals surface area contributed by atoms with Crippen LogP contribution in [0, 0.1) is 5.92 Å². The minimum atomic E-state index is -0.0874. The standard InChI is InChI=1S/C22H37Cl/c1-4-5-6-7-8-9-10-14-17-21(22(2,3)23)19-18-20-15-12-11-13-16-20/h11-13,15-16,21H,4-10,14,17-19H2,1-3H3. The molecular formula is C22H37Cl. The Morgan fingerprint density at radius 1 is 0.826 bits per heavy atom. The smallest absolute Gasteiger partial charge is 0.0418 e. The molecule has 0 amide bonds. The van der Waals surface area contributed by atoms with Crippen molar-refractivity contribution in [3.8, 4) is 0 Å². The summed E-state index contributed by atoms with van der Waals surface area (Å²) in [5.41, 5.74) is 1.44. The van der Waals surface area contributed by atoms with Crippen molar-refractivity contribution in [1.29, 1.82) is 0 Å². The third-order valence-electron chi connectivity index (χ3n) is 5.00. The van der Waals surface area contributed by atoms with E-state index >= 15 is 0 Å². The molecule has 132 valence electrons. The summed E-state index contributed by atoms with van der Waals surface area (Å²) in [5, 5.41) is 0. The van der Waals surface area contributed by atoms with Crippen molar-refractivity contribution in [2.75, 3.05) is 0 Å². The Morgan fingerprint density at radius 3 is 1.96 bits per heavy atom. The van der Waals surface area contributed by atoms with E-state index < -0.39 is 0 Å². The lowest BCUT2D eigenvalue weighted by atomic mass is 9.84. The average Bonchev–Trinajstić information content (AvgIpc) is 2.52. The van der Waals surface area contributed by atoms with Crippen LogP contribution in [0.15, 0.2) is 30.3 Å². The van der Waals surface area contributed by atoms with Crippen LogP contribution in [0.2, 0.25) is 0 Å². The molecule has 23 heavy (non-hydrogen) atoms. The van der Waals surface area contributed by atoms with Gasteiger partial charge in [-0.2, -0.15) is 0 Å². The molecule has 0 radical (unpaired) electrons. The van der Waals surface area contributed by atoms with Gasteiger partial charge in [-0.1, -0.05) is 88.6 Å². The maximum absolute atomic E-state index is 6.66. The number of hydrogen-bond donors (Lipinski definition) is 0. The average molecular weight is 337 g/mol. The van der Waals surface area contributed by atoms with Gasteiger partial charge in [-0.15, -0.1) is 11.6 Å². The van der Waals surface area contributed by atoms with Crippen LogP contribution in [-0.4, -0.2) is 4.87 Å². The van der Waals surface area contributed by atoms with E-state index in [-0.39, 0.29) is 4.87 Å². The summed E-state index contributed by atoms with van der Waals surface area (Å²) in [4.78, 5) is -0.0874. The summed E-state index contributed by atoms with van der Waals surface area (Å²) in [5.74, 6) is 0.615. The van der Waals surface area contributed by atoms with Crippen molar-refractivity contribution in [3.05, 3.63) is 35.9 Å². The van der Waals surface area contributed by atoms with Gasteiger partial charge in [-0.25, -0.2) is 0 Å². The molecule has 0 spiro atoms. The predicted octanol–water partition coefficient (Wildman–Crippen LogP) is 7.78. The van der Waals surface area contributed by atoms with Crippen LogP contribution in [0.1, 0.15) is 90.5 Å². The lowest BCUT2D eigenvalue weighted by molar-refractivity contribution is 0.347. The highest BCUT2D eigenvalue weighted by Gasteiger charge is 2.26. The normalized spacial score (nSPS) is 13.2. The first kappa shape index (κ1) is 20.6. The fourth-order valence-electron chi connectivity index (χ4n) is 3.34. The molecule has 0 bridgehead atoms. The van der Waals surface area contributed by atoms with E-state index in [2.05, 4.69) is 51.1 Å². The molecule has 0 saturated heterocycles. The van der Waals surface area contributed by atoms with E-state index in [0.29, 0.717) is 5.92 Å². The van der Waals surface area contributed by atoms with Gasteiger partial charge in [0.05, 0.1) is 0 Å². The molecule has 1 atom stereocenters. The SMILES string of the molecule is CCCCCCCCCCC(CCc1ccccc1)C(C)(C)Cl. The summed E-state index contributed by atoms with van der Waals surface area (Å²) in [6.45, 7) is 6.66. The van der Waals surface area contributed by atoms with Gasteiger partial charge in [-0.3, -0.25) is 0 Å². The maximum atomic E-state index is 6.66. The second kappa shape index (κ2) is 12.0. The van der Waals surface area contributed by atoms with E-state index in [9.17, 15) is 0 Å². The van der Waals surface area contributed by atoms with E-state index in [0.717, 1.165) is 6.42 Å². The highest BCUT2D eigenvalue weighted by Crippen LogP contribution is 2.32. The highest BCUT2D eigenvalue weighted by atomic mass is 35.5. The van der Waals surface area contributed by atoms with Gasteiger partial charge in [0, 0.05) is 4.87 Å². The Kier molecular flexibility index (Phi) is 10.7. The first-order valence-electron chi connectivity index (χ1n) is 9.77. The summed E-state index contributed by atoms with van der Waals surface area (Å²) < 4.78 is 0. The van der Waals surface area contributed by atoms with E-state index in [4.69, 9.17) is 11.6 Å². The molecule has 1 rings (SSSR count). The summed E-state index contributed by atoms with van der Waals surface area (Å²) in [6.07, 6.45) is 14.8. The van der Waals surface area contributed by atoms with E-state index in [1.165, 1.54) is 69.8 Å². The molecule has 1 aromatic carbocycles. The van der Waals surface area contributed by atoms with Gasteiger partial charge in [0.15, 0.2) is 0 Å². The van der Waals surface area contributed by atoms with Gasteiger partial charge < -0.3 is 0 Å². The molecule has 1 heteroatoms. The van der Waals surface area contributed by atoms with Crippen LogP contribution in [0.25, 0.3) is 0 Å². The number of rotatable bonds is 13. The van der Waals surface area contributed by atoms with Crippen molar-refractivity contribution >= 4 is 11.6 Å². The molecule has 0 fully saturated rings. The van der Waals surface area contributed by atoms with Gasteiger partial charge in [0.2, 0.25) is 0 Å². The number of aryl methyl sites for hydroxylation is 1. The number of unbranched alkanes of at least 4 members (excludes halogenated alkanes) is 7. The van der Waals surface area contributed by atoms with Gasteiger partial charge in [0.25, 0.3) is 0 Å². The van der Waals surface area contributed by atoms with Gasteiger partial charge >= 0.3 is 0 Å². The van der Waals surface area contributed by atoms with Crippen LogP contribution < -0.4 is 0 Å². The Bertz CT molecular complexity index is 377. The predicted molar refractivity (Wildman–Crippen MR) is 105 cm³/mol. The summed E-state index contributed by atoms with van der Waals surface area (Å²) in [6, 6.07) is 10.8. The van der Waals surface area contributed by atoms with Crippen molar-refractivity contribution in [3.63, 3.8) is 0 Å². The fourth-order valence-corrected chi connectivity index (χ4v) is 3.56. The zero-order valence-corrected chi connectivity index (χ0v) is 16.4. The van der Waals surface area contributed by atoms with Crippen molar-refractivity contribution in [2.45, 2.75) is 96.3 Å². The first-order valence-corrected chi connectivity index (χ1v) is 10.1. The fraction of sp³-hybridized carbons (Fsp3) is 0.727. The Morgan fingerprint density at radius 2 is 1.39 bits per heavy atom. The molecule has 0 aromatic heterocycles. The minimum absolute atomic E-state index is 0.0874. The monoisotopic (exact) mass is 336 g/mol. The minimum Gasteiger partial charge on any atom is -0.120 e. The molecule has 0 aliphatic rings. The Hall–Kier alpha value is -0.490. The quantitative estimate of drug-likeness (QED) is 0.255. The first-order chi connectivity index (χ1) is 11.0. The Balaban J connectivity index is 2.22. The third-order valence-corrected chi connectivity index (χ3v) is 5.31. The molecule has 1 unspecified atom stereocenters. The van der Waals surface area contributed by atoms with Crippen molar-refractivity contribution < 1.29 is 0 Å². The number of alkyl halides is 1. The second-order valence-electron chi connectivity index (χ2n) is 7.55. The zero-order valence-electron chi connectivity index (χ0n) is 15.6. The maximum Gasteiger partial charge on any atom is 0.0418 e. The topological polar surface area (TPSA) is 0 Å². The number of halogens is 1. The number of hydrogen-bond acceptors (Lipinski definition) is 0. The van der Waals surface area contributed by atoms with Crippen LogP contribution in [0.5, 0.6) is 0 Å². The zero-order chi connectivity index (χ0) is 17.0. The molecule has 0 saturated carbocycles. The van der Waals surface area contributed by atoms with Gasteiger partial charge in [0.1, 0.15) is 0 Å². The molecule has 0 N–H and O–H groups in total. The summed E-state index contributed by atoms with van der Waals surface area (Å²) in [7, 11) is 0. The molecule has 0 heterocycles. The Labute approximate surface area is 150 Å². The molecule has 1 aromatic rings. The van der Waals surface area contributed by atoms with Crippen molar-refractivity contribution in [2.24, 2.45) is 5.92 Å². The molecule has 0 aliphatic heterocycles. The van der Waals surface area contributed by atoms with Crippen LogP contribution in [-0.2, 0) is 6.42 Å². The number of benzene rings is 1. The highest BCUT2D eigenvalue weighted by molar-refractivity contribution is 6.23. The van der Waals surface area contributed by atoms with Crippen LogP contribution >= 0.6 is 11.6 Å². The lowest BCUT2D eigenvalue weighted by Crippen LogP contribution is -2.25. The largest absolute Gasteiger partial charge is 0.120 e. The van der Waals surface area contributed by atoms with E-state index in [1.54, 1.807) is 0 Å². The third kappa shape index (κ3) is 10.1. The van der Waals surface area contributed by atoms with Gasteiger partial charge in [-0.05, 0) is 44.6 Å². The molecule has 0 aliphatic carbocycles.